The Morgan fingerprint density at radius 3 is 1.00 bits per heavy atom. The summed E-state index contributed by atoms with van der Waals surface area (Å²) >= 11 is 0. The fraction of sp³-hybridized carbons (Fsp3) is 1.00. The average molecular weight is 106 g/mol. The van der Waals surface area contributed by atoms with Gasteiger partial charge < -0.3 is 13.5 Å². The molecule has 0 aromatic carbocycles. The van der Waals surface area contributed by atoms with Crippen LogP contribution in [0.2, 0.25) is 19.6 Å². The van der Waals surface area contributed by atoms with E-state index in [1.54, 1.807) is 0 Å². The molecule has 1 radical (unpaired) electrons. The van der Waals surface area contributed by atoms with E-state index in [0.717, 1.165) is 0 Å². The zero-order valence-corrected chi connectivity index (χ0v) is 5.84. The monoisotopic (exact) mass is 106 g/mol. The minimum absolute atomic E-state index is 0. The summed E-state index contributed by atoms with van der Waals surface area (Å²) in [4.78, 5) is 0. The molecular formula is C3H10SSi-. The van der Waals surface area contributed by atoms with Gasteiger partial charge in [0.05, 0.1) is 0 Å². The van der Waals surface area contributed by atoms with Crippen molar-refractivity contribution in [2.75, 3.05) is 0 Å². The van der Waals surface area contributed by atoms with Gasteiger partial charge in [-0.3, -0.25) is 0 Å². The first kappa shape index (κ1) is 9.13. The van der Waals surface area contributed by atoms with E-state index in [1.165, 1.54) is 0 Å². The Morgan fingerprint density at radius 2 is 1.00 bits per heavy atom. The summed E-state index contributed by atoms with van der Waals surface area (Å²) in [6.45, 7) is 6.81. The highest BCUT2D eigenvalue weighted by Crippen LogP contribution is 1.68. The van der Waals surface area contributed by atoms with Crippen molar-refractivity contribution in [3.8, 4) is 0 Å². The molecule has 0 nitrogen and oxygen atoms in total. The second-order valence-corrected chi connectivity index (χ2v) is 4.50. The molecule has 0 amide bonds. The quantitative estimate of drug-likeness (QED) is 0.253. The standard InChI is InChI=1S/C3H9Si.H2S/c1-4(2)3;/h1-3H3;1H2/p-1. The summed E-state index contributed by atoms with van der Waals surface area (Å²) in [6.07, 6.45) is 0. The lowest BCUT2D eigenvalue weighted by Gasteiger charge is -1.75. The molecule has 0 spiro atoms. The van der Waals surface area contributed by atoms with Crippen LogP contribution in [0.3, 0.4) is 0 Å². The predicted octanol–water partition coefficient (Wildman–Crippen LogP) is 1.10. The third kappa shape index (κ3) is 93.6. The summed E-state index contributed by atoms with van der Waals surface area (Å²) < 4.78 is 0. The Labute approximate surface area is 42.6 Å². The van der Waals surface area contributed by atoms with Gasteiger partial charge in [0.2, 0.25) is 0 Å². The highest BCUT2D eigenvalue weighted by Gasteiger charge is 1.72. The molecule has 0 atom stereocenters. The second-order valence-electron chi connectivity index (χ2n) is 1.50. The summed E-state index contributed by atoms with van der Waals surface area (Å²) in [7, 11) is 0.120. The third-order valence-corrected chi connectivity index (χ3v) is 0. The van der Waals surface area contributed by atoms with Crippen LogP contribution in [-0.2, 0) is 13.5 Å². The van der Waals surface area contributed by atoms with E-state index in [-0.39, 0.29) is 22.3 Å². The SMILES string of the molecule is C[Si](C)C.[SH-]. The maximum Gasteiger partial charge on any atom is 0.0379 e. The molecule has 33 valence electrons. The molecule has 0 aromatic rings. The van der Waals surface area contributed by atoms with Gasteiger partial charge in [0.15, 0.2) is 0 Å². The molecule has 0 saturated heterocycles. The molecule has 0 bridgehead atoms. The summed E-state index contributed by atoms with van der Waals surface area (Å²) in [5.74, 6) is 0. The first-order valence-corrected chi connectivity index (χ1v) is 4.50. The van der Waals surface area contributed by atoms with Crippen LogP contribution >= 0.6 is 0 Å². The summed E-state index contributed by atoms with van der Waals surface area (Å²) in [5, 5.41) is 0. The van der Waals surface area contributed by atoms with Crippen LogP contribution in [0.4, 0.5) is 0 Å². The van der Waals surface area contributed by atoms with Gasteiger partial charge in [-0.05, 0) is 0 Å². The molecule has 0 aliphatic heterocycles. The van der Waals surface area contributed by atoms with E-state index in [2.05, 4.69) is 19.6 Å². The zero-order valence-electron chi connectivity index (χ0n) is 3.95. The fourth-order valence-corrected chi connectivity index (χ4v) is 0. The van der Waals surface area contributed by atoms with Gasteiger partial charge in [-0.2, -0.15) is 0 Å². The van der Waals surface area contributed by atoms with E-state index >= 15 is 0 Å². The van der Waals surface area contributed by atoms with Gasteiger partial charge in [0, 0.05) is 8.80 Å². The Bertz CT molecular complexity index is 11.6. The topological polar surface area (TPSA) is 0 Å². The van der Waals surface area contributed by atoms with E-state index < -0.39 is 0 Å². The second kappa shape index (κ2) is 4.57. The van der Waals surface area contributed by atoms with E-state index in [0.29, 0.717) is 0 Å². The number of thiol groups is 1. The number of hydrogen-bond acceptors (Lipinski definition) is 1. The Morgan fingerprint density at radius 1 is 1.00 bits per heavy atom. The van der Waals surface area contributed by atoms with E-state index in [4.69, 9.17) is 0 Å². The maximum absolute atomic E-state index is 2.27. The molecule has 0 fully saturated rings. The molecule has 0 rings (SSSR count). The van der Waals surface area contributed by atoms with Crippen molar-refractivity contribution in [3.05, 3.63) is 0 Å². The van der Waals surface area contributed by atoms with Crippen molar-refractivity contribution < 1.29 is 0 Å². The van der Waals surface area contributed by atoms with Crippen LogP contribution < -0.4 is 0 Å². The third-order valence-electron chi connectivity index (χ3n) is 0. The maximum atomic E-state index is 2.27. The molecule has 0 unspecified atom stereocenters. The van der Waals surface area contributed by atoms with Crippen LogP contribution in [0.15, 0.2) is 0 Å². The van der Waals surface area contributed by atoms with Gasteiger partial charge >= 0.3 is 0 Å². The molecule has 2 heteroatoms. The first-order chi connectivity index (χ1) is 1.73. The van der Waals surface area contributed by atoms with Crippen LogP contribution in [0.1, 0.15) is 0 Å². The van der Waals surface area contributed by atoms with Crippen molar-refractivity contribution in [3.63, 3.8) is 0 Å². The largest absolute Gasteiger partial charge is 0.813 e. The van der Waals surface area contributed by atoms with E-state index in [9.17, 15) is 0 Å². The highest BCUT2D eigenvalue weighted by atomic mass is 32.1. The average Bonchev–Trinajstić information content (AvgIpc) is 0.811. The van der Waals surface area contributed by atoms with Gasteiger partial charge in [-0.1, -0.05) is 19.6 Å². The summed E-state index contributed by atoms with van der Waals surface area (Å²) in [5.41, 5.74) is 0. The first-order valence-electron chi connectivity index (χ1n) is 1.50. The molecular weight excluding hydrogens is 96.2 g/mol. The molecule has 0 aliphatic rings. The number of hydrogen-bond donors (Lipinski definition) is 0. The van der Waals surface area contributed by atoms with E-state index in [1.807, 2.05) is 0 Å². The smallest absolute Gasteiger partial charge is 0.0379 e. The van der Waals surface area contributed by atoms with Crippen LogP contribution in [0.5, 0.6) is 0 Å². The highest BCUT2D eigenvalue weighted by molar-refractivity contribution is 7.37. The molecule has 0 N–H and O–H groups in total. The lowest BCUT2D eigenvalue weighted by atomic mass is 11.8. The van der Waals surface area contributed by atoms with Crippen molar-refractivity contribution in [2.24, 2.45) is 0 Å². The van der Waals surface area contributed by atoms with Crippen LogP contribution in [0, 0.1) is 0 Å². The molecule has 0 saturated carbocycles. The Hall–Kier alpha value is 0.567. The van der Waals surface area contributed by atoms with Gasteiger partial charge in [-0.15, -0.1) is 0 Å². The number of rotatable bonds is 0. The lowest BCUT2D eigenvalue weighted by molar-refractivity contribution is 1.91. The van der Waals surface area contributed by atoms with Gasteiger partial charge in [0.1, 0.15) is 0 Å². The van der Waals surface area contributed by atoms with Crippen LogP contribution in [0.25, 0.3) is 0 Å². The molecule has 0 aromatic heterocycles. The minimum Gasteiger partial charge on any atom is -0.813 e. The van der Waals surface area contributed by atoms with Gasteiger partial charge in [-0.25, -0.2) is 0 Å². The van der Waals surface area contributed by atoms with Crippen LogP contribution in [-0.4, -0.2) is 8.80 Å². The normalized spacial score (nSPS) is 7.20. The fourth-order valence-electron chi connectivity index (χ4n) is 0. The zero-order chi connectivity index (χ0) is 3.58. The molecule has 5 heavy (non-hydrogen) atoms. The predicted molar refractivity (Wildman–Crippen MR) is 32.1 cm³/mol. The minimum atomic E-state index is 0. The Balaban J connectivity index is 0. The van der Waals surface area contributed by atoms with Crippen molar-refractivity contribution in [2.45, 2.75) is 19.6 Å². The molecule has 0 heterocycles. The van der Waals surface area contributed by atoms with Gasteiger partial charge in [0.25, 0.3) is 0 Å². The van der Waals surface area contributed by atoms with Crippen molar-refractivity contribution in [1.82, 2.24) is 0 Å². The summed E-state index contributed by atoms with van der Waals surface area (Å²) in [6, 6.07) is 0. The molecule has 0 aliphatic carbocycles. The van der Waals surface area contributed by atoms with Crippen molar-refractivity contribution >= 4 is 22.3 Å². The Kier molecular flexibility index (Phi) is 8.34. The lowest BCUT2D eigenvalue weighted by Crippen LogP contribution is -1.84. The van der Waals surface area contributed by atoms with Crippen molar-refractivity contribution in [1.29, 1.82) is 0 Å².